The second kappa shape index (κ2) is 13.8. The Labute approximate surface area is 217 Å². The SMILES string of the molecule is NC[C@H]1O[C@@H](O[C@H]2[C@H](O)[C@@H](O[C@H]3O[C@H](CO)[C@@H](O)[C@H](N)[C@H]3O)[C@H](N)C[C@@H]2N)[C@H](O)[C@@H](O)[C@@H]1O.O=S(=O)(O)O. The largest absolute Gasteiger partial charge is 0.394 e. The first kappa shape index (κ1) is 33.5. The minimum atomic E-state index is -4.67. The smallest absolute Gasteiger partial charge is 0.394 e. The van der Waals surface area contributed by atoms with E-state index in [1.165, 1.54) is 0 Å². The van der Waals surface area contributed by atoms with Crippen LogP contribution in [0.3, 0.4) is 0 Å². The summed E-state index contributed by atoms with van der Waals surface area (Å²) in [5.74, 6) is 0. The molecule has 20 heteroatoms. The van der Waals surface area contributed by atoms with Gasteiger partial charge in [0.25, 0.3) is 0 Å². The predicted octanol–water partition coefficient (Wildman–Crippen LogP) is -7.94. The minimum Gasteiger partial charge on any atom is -0.394 e. The molecule has 0 amide bonds. The van der Waals surface area contributed by atoms with Crippen molar-refractivity contribution in [1.82, 2.24) is 0 Å². The molecular formula is C18H38N4O15S. The molecule has 15 atom stereocenters. The van der Waals surface area contributed by atoms with Crippen LogP contribution in [0.4, 0.5) is 0 Å². The van der Waals surface area contributed by atoms with Crippen LogP contribution in [0.1, 0.15) is 6.42 Å². The summed E-state index contributed by atoms with van der Waals surface area (Å²) in [5.41, 5.74) is 23.5. The van der Waals surface area contributed by atoms with Crippen LogP contribution in [0.2, 0.25) is 0 Å². The third-order valence-electron chi connectivity index (χ3n) is 6.48. The summed E-state index contributed by atoms with van der Waals surface area (Å²) in [7, 11) is -4.67. The molecule has 0 aromatic heterocycles. The van der Waals surface area contributed by atoms with E-state index in [0.717, 1.165) is 0 Å². The molecule has 3 fully saturated rings. The summed E-state index contributed by atoms with van der Waals surface area (Å²) in [6, 6.07) is -2.86. The molecule has 3 rings (SSSR count). The Bertz CT molecular complexity index is 783. The molecule has 226 valence electrons. The molecule has 1 saturated carbocycles. The van der Waals surface area contributed by atoms with Crippen molar-refractivity contribution in [2.75, 3.05) is 13.2 Å². The van der Waals surface area contributed by atoms with Gasteiger partial charge in [-0.05, 0) is 6.42 Å². The number of nitrogens with two attached hydrogens (primary N) is 4. The quantitative estimate of drug-likeness (QED) is 0.129. The molecule has 0 unspecified atom stereocenters. The highest BCUT2D eigenvalue weighted by Gasteiger charge is 2.51. The van der Waals surface area contributed by atoms with Crippen molar-refractivity contribution in [2.24, 2.45) is 22.9 Å². The second-order valence-electron chi connectivity index (χ2n) is 9.24. The lowest BCUT2D eigenvalue weighted by atomic mass is 9.84. The summed E-state index contributed by atoms with van der Waals surface area (Å²) >= 11 is 0. The zero-order valence-corrected chi connectivity index (χ0v) is 20.8. The van der Waals surface area contributed by atoms with Gasteiger partial charge in [0.15, 0.2) is 12.6 Å². The normalized spacial score (nSPS) is 48.2. The van der Waals surface area contributed by atoms with Crippen molar-refractivity contribution < 1.29 is 72.2 Å². The molecule has 0 spiro atoms. The van der Waals surface area contributed by atoms with Gasteiger partial charge in [0, 0.05) is 18.6 Å². The fourth-order valence-electron chi connectivity index (χ4n) is 4.40. The summed E-state index contributed by atoms with van der Waals surface area (Å²) in [6.07, 6.45) is -16.5. The van der Waals surface area contributed by atoms with Crippen LogP contribution in [-0.2, 0) is 29.3 Å². The van der Waals surface area contributed by atoms with E-state index in [4.69, 9.17) is 59.4 Å². The average Bonchev–Trinajstić information content (AvgIpc) is 2.83. The Morgan fingerprint density at radius 3 is 1.61 bits per heavy atom. The van der Waals surface area contributed by atoms with Crippen molar-refractivity contribution in [1.29, 1.82) is 0 Å². The van der Waals surface area contributed by atoms with Crippen molar-refractivity contribution in [2.45, 2.75) is 98.2 Å². The van der Waals surface area contributed by atoms with E-state index in [1.807, 2.05) is 0 Å². The predicted molar refractivity (Wildman–Crippen MR) is 122 cm³/mol. The number of ether oxygens (including phenoxy) is 4. The van der Waals surface area contributed by atoms with Crippen LogP contribution < -0.4 is 22.9 Å². The Morgan fingerprint density at radius 2 is 1.16 bits per heavy atom. The van der Waals surface area contributed by atoms with Crippen LogP contribution in [-0.4, -0.2) is 158 Å². The van der Waals surface area contributed by atoms with Crippen LogP contribution >= 0.6 is 0 Å². The second-order valence-corrected chi connectivity index (χ2v) is 10.1. The molecule has 0 aromatic rings. The van der Waals surface area contributed by atoms with E-state index in [1.54, 1.807) is 0 Å². The molecular weight excluding hydrogens is 544 g/mol. The summed E-state index contributed by atoms with van der Waals surface area (Å²) in [6.45, 7) is -0.763. The van der Waals surface area contributed by atoms with Crippen molar-refractivity contribution in [3.05, 3.63) is 0 Å². The molecule has 1 aliphatic carbocycles. The van der Waals surface area contributed by atoms with Gasteiger partial charge in [0.2, 0.25) is 0 Å². The van der Waals surface area contributed by atoms with Crippen LogP contribution in [0.5, 0.6) is 0 Å². The Balaban J connectivity index is 0.000000926. The van der Waals surface area contributed by atoms with Gasteiger partial charge >= 0.3 is 10.4 Å². The minimum absolute atomic E-state index is 0.0849. The number of rotatable bonds is 6. The number of hydrogen-bond acceptors (Lipinski definition) is 17. The maximum Gasteiger partial charge on any atom is 0.394 e. The summed E-state index contributed by atoms with van der Waals surface area (Å²) in [4.78, 5) is 0. The molecule has 38 heavy (non-hydrogen) atoms. The first-order valence-corrected chi connectivity index (χ1v) is 12.9. The topological polar surface area (TPSA) is 357 Å². The van der Waals surface area contributed by atoms with E-state index >= 15 is 0 Å². The molecule has 19 nitrogen and oxygen atoms in total. The number of hydrogen-bond donors (Lipinski definition) is 13. The van der Waals surface area contributed by atoms with Gasteiger partial charge in [0.1, 0.15) is 61.0 Å². The highest BCUT2D eigenvalue weighted by Crippen LogP contribution is 2.31. The van der Waals surface area contributed by atoms with E-state index < -0.39 is 109 Å². The first-order valence-electron chi connectivity index (χ1n) is 11.5. The molecule has 0 aromatic carbocycles. The van der Waals surface area contributed by atoms with E-state index in [9.17, 15) is 35.7 Å². The van der Waals surface area contributed by atoms with Gasteiger partial charge in [-0.1, -0.05) is 0 Å². The highest BCUT2D eigenvalue weighted by atomic mass is 32.3. The van der Waals surface area contributed by atoms with Gasteiger partial charge in [-0.25, -0.2) is 0 Å². The lowest BCUT2D eigenvalue weighted by Crippen LogP contribution is -2.68. The maximum absolute atomic E-state index is 10.9. The Kier molecular flexibility index (Phi) is 12.1. The lowest BCUT2D eigenvalue weighted by molar-refractivity contribution is -0.332. The molecule has 3 aliphatic rings. The van der Waals surface area contributed by atoms with Crippen molar-refractivity contribution >= 4 is 10.4 Å². The van der Waals surface area contributed by atoms with Gasteiger partial charge in [0.05, 0.1) is 12.6 Å². The third kappa shape index (κ3) is 8.15. The van der Waals surface area contributed by atoms with Gasteiger partial charge < -0.3 is 77.6 Å². The van der Waals surface area contributed by atoms with Crippen molar-refractivity contribution in [3.8, 4) is 0 Å². The highest BCUT2D eigenvalue weighted by molar-refractivity contribution is 7.79. The van der Waals surface area contributed by atoms with Crippen molar-refractivity contribution in [3.63, 3.8) is 0 Å². The van der Waals surface area contributed by atoms with E-state index in [0.29, 0.717) is 0 Å². The first-order chi connectivity index (χ1) is 17.5. The fourth-order valence-corrected chi connectivity index (χ4v) is 4.40. The average molecular weight is 583 g/mol. The third-order valence-corrected chi connectivity index (χ3v) is 6.48. The summed E-state index contributed by atoms with van der Waals surface area (Å²) < 4.78 is 53.8. The zero-order chi connectivity index (χ0) is 29.1. The molecule has 2 aliphatic heterocycles. The zero-order valence-electron chi connectivity index (χ0n) is 20.0. The van der Waals surface area contributed by atoms with E-state index in [2.05, 4.69) is 0 Å². The van der Waals surface area contributed by atoms with Crippen LogP contribution in [0, 0.1) is 0 Å². The molecule has 0 bridgehead atoms. The van der Waals surface area contributed by atoms with Gasteiger partial charge in [-0.15, -0.1) is 0 Å². The Morgan fingerprint density at radius 1 is 0.711 bits per heavy atom. The lowest BCUT2D eigenvalue weighted by Gasteiger charge is -2.48. The van der Waals surface area contributed by atoms with Gasteiger partial charge in [-0.3, -0.25) is 9.11 Å². The van der Waals surface area contributed by atoms with E-state index in [-0.39, 0.29) is 13.0 Å². The van der Waals surface area contributed by atoms with Crippen LogP contribution in [0.15, 0.2) is 0 Å². The number of aliphatic hydroxyl groups excluding tert-OH is 7. The van der Waals surface area contributed by atoms with Gasteiger partial charge in [-0.2, -0.15) is 8.42 Å². The monoisotopic (exact) mass is 582 g/mol. The Hall–Kier alpha value is -0.730. The molecule has 2 heterocycles. The summed E-state index contributed by atoms with van der Waals surface area (Å²) in [5, 5.41) is 70.9. The van der Waals surface area contributed by atoms with Crippen LogP contribution in [0.25, 0.3) is 0 Å². The fraction of sp³-hybridized carbons (Fsp3) is 1.00. The maximum atomic E-state index is 10.9. The standard InChI is InChI=1S/C18H36N4O11.H2O4S/c19-2-6-10(25)12(27)13(28)18(30-6)33-16-5(21)1-4(20)15(14(16)29)32-17-11(26)8(22)9(24)7(3-23)31-17;1-5(2,3)4/h4-18,23-29H,1-3,19-22H2;(H2,1,2,3,4)/t4-,5+,6-,7-,8+,9-,10-,11-,12+,13-,14-,15+,16-,17-,18+;/m1./s1. The molecule has 2 saturated heterocycles. The molecule has 17 N–H and O–H groups in total. The molecule has 0 radical (unpaired) electrons. The number of aliphatic hydroxyl groups is 7.